The summed E-state index contributed by atoms with van der Waals surface area (Å²) in [6.45, 7) is 5.95. The van der Waals surface area contributed by atoms with Gasteiger partial charge in [0.25, 0.3) is 0 Å². The Bertz CT molecular complexity index is 469. The molecule has 5 heteroatoms. The minimum Gasteiger partial charge on any atom is -0.344 e. The predicted molar refractivity (Wildman–Crippen MR) is 71.4 cm³/mol. The molecule has 2 saturated heterocycles. The zero-order valence-electron chi connectivity index (χ0n) is 11.0. The van der Waals surface area contributed by atoms with E-state index in [4.69, 9.17) is 0 Å². The Hall–Kier alpha value is -0.940. The van der Waals surface area contributed by atoms with Gasteiger partial charge in [0.2, 0.25) is 5.91 Å². The fourth-order valence-corrected chi connectivity index (χ4v) is 4.11. The zero-order chi connectivity index (χ0) is 12.8. The molecule has 0 saturated carbocycles. The number of nitrogens with zero attached hydrogens (tertiary/aromatic N) is 3. The molecule has 0 N–H and O–H groups in total. The first-order valence-corrected chi connectivity index (χ1v) is 7.30. The molecular weight excluding hydrogens is 246 g/mol. The number of β-lactam (4-membered cyclic amide) rings is 1. The molecular formula is C13H19N3OS. The maximum atomic E-state index is 12.0. The van der Waals surface area contributed by atoms with E-state index in [9.17, 15) is 4.79 Å². The van der Waals surface area contributed by atoms with E-state index in [2.05, 4.69) is 9.88 Å². The summed E-state index contributed by atoms with van der Waals surface area (Å²) in [7, 11) is 1.90. The summed E-state index contributed by atoms with van der Waals surface area (Å²) in [6.07, 6.45) is 4.17. The number of hydrogen-bond acceptors (Lipinski definition) is 4. The van der Waals surface area contributed by atoms with Crippen molar-refractivity contribution in [3.8, 4) is 0 Å². The smallest absolute Gasteiger partial charge is 0.231 e. The summed E-state index contributed by atoms with van der Waals surface area (Å²) >= 11 is 1.76. The van der Waals surface area contributed by atoms with Crippen molar-refractivity contribution in [3.05, 3.63) is 16.1 Å². The molecule has 0 bridgehead atoms. The Morgan fingerprint density at radius 2 is 2.33 bits per heavy atom. The Morgan fingerprint density at radius 1 is 1.50 bits per heavy atom. The van der Waals surface area contributed by atoms with Crippen molar-refractivity contribution in [2.75, 3.05) is 26.7 Å². The van der Waals surface area contributed by atoms with Gasteiger partial charge in [-0.2, -0.15) is 0 Å². The van der Waals surface area contributed by atoms with Crippen LogP contribution in [0.25, 0.3) is 0 Å². The molecule has 1 aromatic heterocycles. The Kier molecular flexibility index (Phi) is 2.90. The van der Waals surface area contributed by atoms with Gasteiger partial charge in [-0.25, -0.2) is 4.98 Å². The van der Waals surface area contributed by atoms with Gasteiger partial charge >= 0.3 is 0 Å². The van der Waals surface area contributed by atoms with Gasteiger partial charge in [0.15, 0.2) is 0 Å². The Labute approximate surface area is 112 Å². The summed E-state index contributed by atoms with van der Waals surface area (Å²) in [4.78, 5) is 21.9. The SMILES string of the molecule is Cc1ncc(CN2CCC[C@]3(C2)CN(C)C3=O)s1. The van der Waals surface area contributed by atoms with Crippen molar-refractivity contribution < 1.29 is 4.79 Å². The average molecular weight is 265 g/mol. The summed E-state index contributed by atoms with van der Waals surface area (Å²) in [6, 6.07) is 0. The third-order valence-corrected chi connectivity index (χ3v) is 4.94. The number of carbonyl (C=O) groups is 1. The molecule has 2 aliphatic rings. The number of carbonyl (C=O) groups excluding carboxylic acids is 1. The molecule has 3 rings (SSSR count). The van der Waals surface area contributed by atoms with Gasteiger partial charge in [-0.3, -0.25) is 9.69 Å². The second-order valence-corrected chi connectivity index (χ2v) is 6.92. The van der Waals surface area contributed by atoms with Gasteiger partial charge in [-0.1, -0.05) is 0 Å². The van der Waals surface area contributed by atoms with Crippen LogP contribution < -0.4 is 0 Å². The van der Waals surface area contributed by atoms with Crippen LogP contribution in [0.15, 0.2) is 6.20 Å². The lowest BCUT2D eigenvalue weighted by atomic mass is 9.72. The molecule has 1 spiro atoms. The van der Waals surface area contributed by atoms with Gasteiger partial charge in [-0.05, 0) is 26.3 Å². The summed E-state index contributed by atoms with van der Waals surface area (Å²) in [5, 5.41) is 1.12. The highest BCUT2D eigenvalue weighted by atomic mass is 32.1. The second-order valence-electron chi connectivity index (χ2n) is 5.60. The molecule has 1 aromatic rings. The van der Waals surface area contributed by atoms with Gasteiger partial charge in [0, 0.05) is 37.8 Å². The van der Waals surface area contributed by atoms with Crippen molar-refractivity contribution in [2.45, 2.75) is 26.3 Å². The molecule has 0 aliphatic carbocycles. The molecule has 4 nitrogen and oxygen atoms in total. The van der Waals surface area contributed by atoms with Gasteiger partial charge in [-0.15, -0.1) is 11.3 Å². The van der Waals surface area contributed by atoms with Crippen LogP contribution in [0.3, 0.4) is 0 Å². The molecule has 2 aliphatic heterocycles. The van der Waals surface area contributed by atoms with Gasteiger partial charge in [0.1, 0.15) is 0 Å². The highest BCUT2D eigenvalue weighted by Crippen LogP contribution is 2.39. The highest BCUT2D eigenvalue weighted by molar-refractivity contribution is 7.11. The molecule has 1 amide bonds. The van der Waals surface area contributed by atoms with E-state index in [1.165, 1.54) is 4.88 Å². The number of piperidine rings is 1. The highest BCUT2D eigenvalue weighted by Gasteiger charge is 2.52. The lowest BCUT2D eigenvalue weighted by Crippen LogP contribution is -2.65. The van der Waals surface area contributed by atoms with Gasteiger partial charge < -0.3 is 4.90 Å². The number of aromatic nitrogens is 1. The van der Waals surface area contributed by atoms with Crippen LogP contribution in [0.4, 0.5) is 0 Å². The lowest BCUT2D eigenvalue weighted by Gasteiger charge is -2.51. The number of aryl methyl sites for hydroxylation is 1. The van der Waals surface area contributed by atoms with Crippen LogP contribution in [0.2, 0.25) is 0 Å². The second kappa shape index (κ2) is 4.31. The molecule has 0 unspecified atom stereocenters. The number of rotatable bonds is 2. The first kappa shape index (κ1) is 12.1. The Balaban J connectivity index is 1.66. The van der Waals surface area contributed by atoms with E-state index in [0.29, 0.717) is 5.91 Å². The van der Waals surface area contributed by atoms with Crippen LogP contribution in [0.1, 0.15) is 22.7 Å². The summed E-state index contributed by atoms with van der Waals surface area (Å²) in [5.41, 5.74) is -0.0628. The average Bonchev–Trinajstić information content (AvgIpc) is 2.75. The van der Waals surface area contributed by atoms with Gasteiger partial charge in [0.05, 0.1) is 10.4 Å². The first-order valence-electron chi connectivity index (χ1n) is 6.48. The molecule has 1 atom stereocenters. The topological polar surface area (TPSA) is 36.4 Å². The molecule has 2 fully saturated rings. The normalized spacial score (nSPS) is 28.8. The van der Waals surface area contributed by atoms with E-state index in [-0.39, 0.29) is 5.41 Å². The van der Waals surface area contributed by atoms with Crippen LogP contribution in [-0.4, -0.2) is 47.4 Å². The fourth-order valence-electron chi connectivity index (χ4n) is 3.27. The van der Waals surface area contributed by atoms with Crippen LogP contribution in [0.5, 0.6) is 0 Å². The van der Waals surface area contributed by atoms with Crippen molar-refractivity contribution >= 4 is 17.2 Å². The fraction of sp³-hybridized carbons (Fsp3) is 0.692. The van der Waals surface area contributed by atoms with Crippen LogP contribution in [-0.2, 0) is 11.3 Å². The molecule has 98 valence electrons. The lowest BCUT2D eigenvalue weighted by molar-refractivity contribution is -0.163. The van der Waals surface area contributed by atoms with E-state index in [1.54, 1.807) is 11.3 Å². The maximum Gasteiger partial charge on any atom is 0.231 e. The third kappa shape index (κ3) is 1.95. The number of hydrogen-bond donors (Lipinski definition) is 0. The molecule has 3 heterocycles. The number of amides is 1. The van der Waals surface area contributed by atoms with Crippen molar-refractivity contribution in [2.24, 2.45) is 5.41 Å². The quantitative estimate of drug-likeness (QED) is 0.761. The Morgan fingerprint density at radius 3 is 2.94 bits per heavy atom. The molecule has 0 aromatic carbocycles. The van der Waals surface area contributed by atoms with E-state index < -0.39 is 0 Å². The zero-order valence-corrected chi connectivity index (χ0v) is 11.8. The van der Waals surface area contributed by atoms with Crippen LogP contribution >= 0.6 is 11.3 Å². The van der Waals surface area contributed by atoms with Crippen molar-refractivity contribution in [1.29, 1.82) is 0 Å². The predicted octanol–water partition coefficient (Wildman–Crippen LogP) is 1.51. The minimum atomic E-state index is -0.0628. The first-order chi connectivity index (χ1) is 8.59. The van der Waals surface area contributed by atoms with E-state index >= 15 is 0 Å². The molecule has 0 radical (unpaired) electrons. The third-order valence-electron chi connectivity index (χ3n) is 4.04. The van der Waals surface area contributed by atoms with E-state index in [1.807, 2.05) is 25.1 Å². The number of thiazole rings is 1. The largest absolute Gasteiger partial charge is 0.344 e. The standard InChI is InChI=1S/C13H19N3OS/c1-10-14-6-11(18-10)7-16-5-3-4-13(9-16)8-15(2)12(13)17/h6H,3-5,7-9H2,1-2H3/t13-/m1/s1. The number of likely N-dealkylation sites (tertiary alicyclic amines) is 2. The van der Waals surface area contributed by atoms with E-state index in [0.717, 1.165) is 44.0 Å². The van der Waals surface area contributed by atoms with Crippen molar-refractivity contribution in [3.63, 3.8) is 0 Å². The van der Waals surface area contributed by atoms with Crippen molar-refractivity contribution in [1.82, 2.24) is 14.8 Å². The molecule has 18 heavy (non-hydrogen) atoms. The minimum absolute atomic E-state index is 0.0628. The monoisotopic (exact) mass is 265 g/mol. The summed E-state index contributed by atoms with van der Waals surface area (Å²) < 4.78 is 0. The summed E-state index contributed by atoms with van der Waals surface area (Å²) in [5.74, 6) is 0.340. The maximum absolute atomic E-state index is 12.0. The van der Waals surface area contributed by atoms with Crippen LogP contribution in [0, 0.1) is 12.3 Å².